The van der Waals surface area contributed by atoms with E-state index in [9.17, 15) is 4.79 Å². The molecule has 1 saturated carbocycles. The topological polar surface area (TPSA) is 70.7 Å². The fourth-order valence-electron chi connectivity index (χ4n) is 3.54. The molecule has 0 spiro atoms. The van der Waals surface area contributed by atoms with Crippen LogP contribution in [0.15, 0.2) is 29.6 Å². The lowest BCUT2D eigenvalue weighted by Gasteiger charge is -2.22. The first-order valence-corrected chi connectivity index (χ1v) is 9.84. The minimum Gasteiger partial charge on any atom is -0.353 e. The molecule has 2 aromatic heterocycles. The summed E-state index contributed by atoms with van der Waals surface area (Å²) in [5.74, 6) is 0.479. The first-order valence-electron chi connectivity index (χ1n) is 8.86. The van der Waals surface area contributed by atoms with Crippen LogP contribution < -0.4 is 5.32 Å². The Kier molecular flexibility index (Phi) is 4.61. The highest BCUT2D eigenvalue weighted by Crippen LogP contribution is 2.30. The fraction of sp³-hybridized carbons (Fsp3) is 0.421. The van der Waals surface area contributed by atoms with Crippen molar-refractivity contribution < 1.29 is 4.79 Å². The highest BCUT2D eigenvalue weighted by atomic mass is 32.2. The summed E-state index contributed by atoms with van der Waals surface area (Å²) in [5, 5.41) is 5.09. The number of amides is 1. The number of aromatic amines is 1. The van der Waals surface area contributed by atoms with Crippen LogP contribution in [0.3, 0.4) is 0 Å². The Morgan fingerprint density at radius 3 is 2.96 bits per heavy atom. The van der Waals surface area contributed by atoms with Gasteiger partial charge in [-0.05, 0) is 31.9 Å². The number of H-pyrrole nitrogens is 1. The molecular weight excluding hydrogens is 332 g/mol. The van der Waals surface area contributed by atoms with E-state index in [1.807, 2.05) is 0 Å². The number of nitrogens with zero attached hydrogens (tertiary/aromatic N) is 2. The van der Waals surface area contributed by atoms with E-state index in [0.29, 0.717) is 11.8 Å². The molecule has 0 bridgehead atoms. The van der Waals surface area contributed by atoms with E-state index in [2.05, 4.69) is 45.4 Å². The van der Waals surface area contributed by atoms with Gasteiger partial charge < -0.3 is 10.3 Å². The number of benzene rings is 1. The number of hydrogen-bond donors (Lipinski definition) is 2. The summed E-state index contributed by atoms with van der Waals surface area (Å²) < 4.78 is 0. The van der Waals surface area contributed by atoms with Gasteiger partial charge >= 0.3 is 0 Å². The van der Waals surface area contributed by atoms with Crippen LogP contribution in [0.2, 0.25) is 0 Å². The number of fused-ring (bicyclic) bond motifs is 3. The molecule has 0 saturated heterocycles. The second-order valence-corrected chi connectivity index (χ2v) is 7.73. The van der Waals surface area contributed by atoms with E-state index in [-0.39, 0.29) is 5.91 Å². The highest BCUT2D eigenvalue weighted by Gasteiger charge is 2.17. The minimum atomic E-state index is 0.0932. The molecule has 130 valence electrons. The zero-order valence-electron chi connectivity index (χ0n) is 14.3. The minimum absolute atomic E-state index is 0.0932. The first kappa shape index (κ1) is 16.4. The Morgan fingerprint density at radius 2 is 2.12 bits per heavy atom. The smallest absolute Gasteiger partial charge is 0.230 e. The lowest BCUT2D eigenvalue weighted by Crippen LogP contribution is -2.37. The molecule has 2 N–H and O–H groups in total. The van der Waals surface area contributed by atoms with Gasteiger partial charge in [0.15, 0.2) is 0 Å². The normalized spacial score (nSPS) is 15.7. The van der Waals surface area contributed by atoms with Crippen molar-refractivity contribution in [2.75, 3.05) is 5.75 Å². The van der Waals surface area contributed by atoms with Crippen LogP contribution in [0.25, 0.3) is 21.9 Å². The summed E-state index contributed by atoms with van der Waals surface area (Å²) in [6, 6.07) is 6.63. The molecule has 2 heterocycles. The molecule has 1 aromatic carbocycles. The number of thioether (sulfide) groups is 1. The Labute approximate surface area is 151 Å². The van der Waals surface area contributed by atoms with Gasteiger partial charge in [0.25, 0.3) is 0 Å². The van der Waals surface area contributed by atoms with E-state index >= 15 is 0 Å². The summed E-state index contributed by atoms with van der Waals surface area (Å²) in [5.41, 5.74) is 4.09. The molecule has 0 atom stereocenters. The van der Waals surface area contributed by atoms with Crippen molar-refractivity contribution in [1.29, 1.82) is 0 Å². The summed E-state index contributed by atoms with van der Waals surface area (Å²) in [6.45, 7) is 2.07. The van der Waals surface area contributed by atoms with E-state index in [4.69, 9.17) is 0 Å². The maximum atomic E-state index is 12.3. The zero-order valence-corrected chi connectivity index (χ0v) is 15.2. The molecule has 25 heavy (non-hydrogen) atoms. The average Bonchev–Trinajstić information content (AvgIpc) is 2.99. The molecule has 5 nitrogen and oxygen atoms in total. The lowest BCUT2D eigenvalue weighted by molar-refractivity contribution is -0.119. The van der Waals surface area contributed by atoms with Crippen LogP contribution >= 0.6 is 11.8 Å². The van der Waals surface area contributed by atoms with Gasteiger partial charge in [0, 0.05) is 16.9 Å². The Hall–Kier alpha value is -2.08. The third kappa shape index (κ3) is 3.49. The van der Waals surface area contributed by atoms with E-state index in [1.54, 1.807) is 6.33 Å². The van der Waals surface area contributed by atoms with Crippen LogP contribution in [-0.4, -0.2) is 32.7 Å². The van der Waals surface area contributed by atoms with E-state index in [1.165, 1.54) is 36.6 Å². The monoisotopic (exact) mass is 354 g/mol. The number of carbonyl (C=O) groups excluding carboxylic acids is 1. The summed E-state index contributed by atoms with van der Waals surface area (Å²) >= 11 is 1.47. The van der Waals surface area contributed by atoms with Crippen LogP contribution in [0, 0.1) is 6.92 Å². The second-order valence-electron chi connectivity index (χ2n) is 6.77. The Morgan fingerprint density at radius 1 is 1.28 bits per heavy atom. The number of nitrogens with one attached hydrogen (secondary N) is 2. The number of rotatable bonds is 4. The molecule has 4 rings (SSSR count). The third-order valence-corrected chi connectivity index (χ3v) is 5.80. The van der Waals surface area contributed by atoms with Crippen molar-refractivity contribution in [2.45, 2.75) is 50.1 Å². The van der Waals surface area contributed by atoms with Crippen molar-refractivity contribution in [1.82, 2.24) is 20.3 Å². The number of aryl methyl sites for hydroxylation is 1. The molecule has 0 aliphatic heterocycles. The predicted octanol–water partition coefficient (Wildman–Crippen LogP) is 3.96. The number of hydrogen-bond acceptors (Lipinski definition) is 4. The summed E-state index contributed by atoms with van der Waals surface area (Å²) in [7, 11) is 0. The molecule has 1 aliphatic rings. The molecular formula is C19H22N4OS. The van der Waals surface area contributed by atoms with E-state index in [0.717, 1.165) is 39.8 Å². The van der Waals surface area contributed by atoms with Crippen LogP contribution in [0.4, 0.5) is 0 Å². The van der Waals surface area contributed by atoms with Gasteiger partial charge in [-0.3, -0.25) is 4.79 Å². The van der Waals surface area contributed by atoms with Crippen LogP contribution in [0.5, 0.6) is 0 Å². The molecule has 3 aromatic rings. The first-order chi connectivity index (χ1) is 12.2. The van der Waals surface area contributed by atoms with Crippen LogP contribution in [-0.2, 0) is 4.79 Å². The summed E-state index contributed by atoms with van der Waals surface area (Å²) in [6.07, 6.45) is 7.53. The largest absolute Gasteiger partial charge is 0.353 e. The van der Waals surface area contributed by atoms with Gasteiger partial charge in [-0.1, -0.05) is 42.7 Å². The van der Waals surface area contributed by atoms with Gasteiger partial charge in [-0.15, -0.1) is 0 Å². The molecule has 1 amide bonds. The van der Waals surface area contributed by atoms with Crippen molar-refractivity contribution in [2.24, 2.45) is 0 Å². The standard InChI is InChI=1S/C19H22N4OS/c1-12-7-8-15-14(9-12)17-18(23-15)19(21-11-20-17)25-10-16(24)22-13-5-3-2-4-6-13/h7-9,11,13,23H,2-6,10H2,1H3,(H,22,24). The second kappa shape index (κ2) is 7.04. The molecule has 6 heteroatoms. The van der Waals surface area contributed by atoms with Gasteiger partial charge in [-0.2, -0.15) is 0 Å². The third-order valence-electron chi connectivity index (χ3n) is 4.81. The average molecular weight is 354 g/mol. The van der Waals surface area contributed by atoms with Gasteiger partial charge in [-0.25, -0.2) is 9.97 Å². The number of aromatic nitrogens is 3. The van der Waals surface area contributed by atoms with E-state index < -0.39 is 0 Å². The van der Waals surface area contributed by atoms with Crippen LogP contribution in [0.1, 0.15) is 37.7 Å². The highest BCUT2D eigenvalue weighted by molar-refractivity contribution is 8.00. The molecule has 0 radical (unpaired) electrons. The molecule has 1 fully saturated rings. The Bertz CT molecular complexity index is 914. The fourth-order valence-corrected chi connectivity index (χ4v) is 4.31. The SMILES string of the molecule is Cc1ccc2[nH]c3c(SCC(=O)NC4CCCCC4)ncnc3c2c1. The Balaban J connectivity index is 1.51. The van der Waals surface area contributed by atoms with Crippen molar-refractivity contribution in [3.05, 3.63) is 30.1 Å². The predicted molar refractivity (Wildman–Crippen MR) is 102 cm³/mol. The zero-order chi connectivity index (χ0) is 17.2. The van der Waals surface area contributed by atoms with Crippen molar-refractivity contribution in [3.8, 4) is 0 Å². The summed E-state index contributed by atoms with van der Waals surface area (Å²) in [4.78, 5) is 24.5. The molecule has 0 unspecified atom stereocenters. The lowest BCUT2D eigenvalue weighted by atomic mass is 9.95. The quantitative estimate of drug-likeness (QED) is 0.549. The van der Waals surface area contributed by atoms with Gasteiger partial charge in [0.1, 0.15) is 16.9 Å². The van der Waals surface area contributed by atoms with Crippen molar-refractivity contribution >= 4 is 39.6 Å². The van der Waals surface area contributed by atoms with Gasteiger partial charge in [0.2, 0.25) is 5.91 Å². The molecule has 1 aliphatic carbocycles. The maximum Gasteiger partial charge on any atom is 0.230 e. The van der Waals surface area contributed by atoms with Crippen molar-refractivity contribution in [3.63, 3.8) is 0 Å². The number of carbonyl (C=O) groups is 1. The maximum absolute atomic E-state index is 12.3. The van der Waals surface area contributed by atoms with Gasteiger partial charge in [0.05, 0.1) is 11.3 Å².